The number of piperidine rings is 1. The molecule has 3 aliphatic rings. The first-order valence-corrected chi connectivity index (χ1v) is 13.6. The molecule has 5 rings (SSSR count). The van der Waals surface area contributed by atoms with Gasteiger partial charge in [0.05, 0.1) is 11.0 Å². The van der Waals surface area contributed by atoms with Crippen molar-refractivity contribution >= 4 is 11.7 Å². The Morgan fingerprint density at radius 2 is 1.69 bits per heavy atom. The highest BCUT2D eigenvalue weighted by Gasteiger charge is 2.61. The van der Waals surface area contributed by atoms with Crippen molar-refractivity contribution in [1.82, 2.24) is 10.2 Å². The standard InChI is InChI=1S/C30H33F5N2O2/c1-18(38)26-15-27(26)29(28(39)36-17-19-12-22(30(33,34)35)14-24(32)13-19)9-6-25(16-29)37-10-7-21(8-11-37)20-2-4-23(31)5-3-20/h2-5,12-14,21,25-27H,6-11,15-17H2,1H3,(H,36,39). The van der Waals surface area contributed by atoms with Gasteiger partial charge >= 0.3 is 6.18 Å². The molecule has 4 atom stereocenters. The zero-order valence-corrected chi connectivity index (χ0v) is 21.9. The molecule has 4 unspecified atom stereocenters. The van der Waals surface area contributed by atoms with Gasteiger partial charge in [0, 0.05) is 18.5 Å². The highest BCUT2D eigenvalue weighted by molar-refractivity contribution is 5.88. The van der Waals surface area contributed by atoms with Gasteiger partial charge in [-0.1, -0.05) is 12.1 Å². The highest BCUT2D eigenvalue weighted by atomic mass is 19.4. The van der Waals surface area contributed by atoms with Crippen LogP contribution in [0.4, 0.5) is 22.0 Å². The number of rotatable bonds is 7. The molecule has 1 aliphatic heterocycles. The van der Waals surface area contributed by atoms with E-state index in [4.69, 9.17) is 0 Å². The number of carbonyl (C=O) groups excluding carboxylic acids is 2. The first-order chi connectivity index (χ1) is 18.5. The lowest BCUT2D eigenvalue weighted by molar-refractivity contribution is -0.137. The Hall–Kier alpha value is -2.81. The predicted molar refractivity (Wildman–Crippen MR) is 136 cm³/mol. The van der Waals surface area contributed by atoms with Crippen LogP contribution in [0.3, 0.4) is 0 Å². The van der Waals surface area contributed by atoms with Crippen molar-refractivity contribution < 1.29 is 31.5 Å². The molecule has 2 aromatic carbocycles. The second kappa shape index (κ2) is 10.6. The van der Waals surface area contributed by atoms with Crippen molar-refractivity contribution in [2.45, 2.75) is 70.1 Å². The zero-order chi connectivity index (χ0) is 27.9. The summed E-state index contributed by atoms with van der Waals surface area (Å²) in [4.78, 5) is 28.2. The SMILES string of the molecule is CC(=O)C1CC1C1(C(=O)NCc2cc(F)cc(C(F)(F)F)c2)CCC(N2CCC(c3ccc(F)cc3)CC2)C1. The first kappa shape index (κ1) is 27.7. The molecule has 0 bridgehead atoms. The third kappa shape index (κ3) is 5.88. The van der Waals surface area contributed by atoms with Gasteiger partial charge in [-0.3, -0.25) is 9.59 Å². The van der Waals surface area contributed by atoms with E-state index in [0.717, 1.165) is 50.0 Å². The van der Waals surface area contributed by atoms with Gasteiger partial charge in [-0.25, -0.2) is 8.78 Å². The van der Waals surface area contributed by atoms with Crippen LogP contribution in [0.15, 0.2) is 42.5 Å². The third-order valence-corrected chi connectivity index (χ3v) is 9.12. The van der Waals surface area contributed by atoms with E-state index in [1.54, 1.807) is 0 Å². The summed E-state index contributed by atoms with van der Waals surface area (Å²) < 4.78 is 66.6. The molecule has 9 heteroatoms. The fourth-order valence-electron chi connectivity index (χ4n) is 6.93. The maximum Gasteiger partial charge on any atom is 0.416 e. The lowest BCUT2D eigenvalue weighted by Crippen LogP contribution is -2.44. The molecule has 210 valence electrons. The van der Waals surface area contributed by atoms with Crippen molar-refractivity contribution in [2.75, 3.05) is 13.1 Å². The van der Waals surface area contributed by atoms with Crippen LogP contribution in [-0.4, -0.2) is 35.7 Å². The molecule has 2 aromatic rings. The summed E-state index contributed by atoms with van der Waals surface area (Å²) in [6.45, 7) is 3.03. The van der Waals surface area contributed by atoms with E-state index < -0.39 is 23.0 Å². The van der Waals surface area contributed by atoms with Gasteiger partial charge in [-0.15, -0.1) is 0 Å². The van der Waals surface area contributed by atoms with Crippen molar-refractivity contribution in [3.8, 4) is 0 Å². The summed E-state index contributed by atoms with van der Waals surface area (Å²) in [5.41, 5.74) is -0.688. The van der Waals surface area contributed by atoms with E-state index in [0.29, 0.717) is 31.2 Å². The second-order valence-electron chi connectivity index (χ2n) is 11.5. The minimum absolute atomic E-state index is 0.0437. The number of halogens is 5. The Kier molecular flexibility index (Phi) is 7.57. The van der Waals surface area contributed by atoms with E-state index in [9.17, 15) is 31.5 Å². The molecule has 2 aliphatic carbocycles. The summed E-state index contributed by atoms with van der Waals surface area (Å²) in [7, 11) is 0. The molecular weight excluding hydrogens is 515 g/mol. The van der Waals surface area contributed by atoms with Crippen LogP contribution in [0.2, 0.25) is 0 Å². The third-order valence-electron chi connectivity index (χ3n) is 9.12. The molecule has 39 heavy (non-hydrogen) atoms. The van der Waals surface area contributed by atoms with E-state index >= 15 is 0 Å². The average Bonchev–Trinajstić information content (AvgIpc) is 3.59. The first-order valence-electron chi connectivity index (χ1n) is 13.6. The van der Waals surface area contributed by atoms with Gasteiger partial charge < -0.3 is 10.2 Å². The minimum atomic E-state index is -4.69. The smallest absolute Gasteiger partial charge is 0.352 e. The monoisotopic (exact) mass is 548 g/mol. The highest BCUT2D eigenvalue weighted by Crippen LogP contribution is 2.59. The number of benzene rings is 2. The number of likely N-dealkylation sites (tertiary alicyclic amines) is 1. The number of hydrogen-bond donors (Lipinski definition) is 1. The van der Waals surface area contributed by atoms with Gasteiger partial charge in [0.2, 0.25) is 5.91 Å². The van der Waals surface area contributed by atoms with Gasteiger partial charge in [-0.2, -0.15) is 13.2 Å². The molecule has 2 saturated carbocycles. The van der Waals surface area contributed by atoms with E-state index in [1.807, 2.05) is 12.1 Å². The Balaban J connectivity index is 1.26. The number of amides is 1. The summed E-state index contributed by atoms with van der Waals surface area (Å²) in [5.74, 6) is -1.38. The minimum Gasteiger partial charge on any atom is -0.352 e. The van der Waals surface area contributed by atoms with Crippen molar-refractivity contribution in [1.29, 1.82) is 0 Å². The van der Waals surface area contributed by atoms with Crippen LogP contribution in [0.25, 0.3) is 0 Å². The Labute approximate surface area is 225 Å². The van der Waals surface area contributed by atoms with Crippen LogP contribution in [0.1, 0.15) is 68.1 Å². The fourth-order valence-corrected chi connectivity index (χ4v) is 6.93. The van der Waals surface area contributed by atoms with Crippen LogP contribution in [0, 0.1) is 28.9 Å². The number of nitrogens with one attached hydrogen (secondary N) is 1. The van der Waals surface area contributed by atoms with Gasteiger partial charge in [-0.05, 0) is 112 Å². The molecule has 4 nitrogen and oxygen atoms in total. The van der Waals surface area contributed by atoms with Gasteiger partial charge in [0.1, 0.15) is 17.4 Å². The fraction of sp³-hybridized carbons (Fsp3) is 0.533. The average molecular weight is 549 g/mol. The lowest BCUT2D eigenvalue weighted by Gasteiger charge is -2.37. The molecular formula is C30H33F5N2O2. The second-order valence-corrected chi connectivity index (χ2v) is 11.5. The van der Waals surface area contributed by atoms with Crippen molar-refractivity contribution in [2.24, 2.45) is 17.3 Å². The Bertz CT molecular complexity index is 1220. The normalized spacial score (nSPS) is 27.9. The molecule has 1 saturated heterocycles. The van der Waals surface area contributed by atoms with Crippen LogP contribution in [0.5, 0.6) is 0 Å². The van der Waals surface area contributed by atoms with E-state index in [2.05, 4.69) is 10.2 Å². The molecule has 0 radical (unpaired) electrons. The quantitative estimate of drug-likeness (QED) is 0.417. The van der Waals surface area contributed by atoms with E-state index in [-0.39, 0.29) is 47.5 Å². The number of Topliss-reactive ketones (excluding diaryl/α,β-unsaturated/α-hetero) is 1. The Morgan fingerprint density at radius 3 is 2.31 bits per heavy atom. The molecule has 0 spiro atoms. The van der Waals surface area contributed by atoms with Crippen molar-refractivity contribution in [3.63, 3.8) is 0 Å². The summed E-state index contributed by atoms with van der Waals surface area (Å²) in [6, 6.07) is 9.12. The van der Waals surface area contributed by atoms with Crippen LogP contribution in [-0.2, 0) is 22.3 Å². The predicted octanol–water partition coefficient (Wildman–Crippen LogP) is 6.24. The molecule has 3 fully saturated rings. The largest absolute Gasteiger partial charge is 0.416 e. The lowest BCUT2D eigenvalue weighted by atomic mass is 9.78. The topological polar surface area (TPSA) is 49.4 Å². The number of hydrogen-bond acceptors (Lipinski definition) is 3. The molecule has 1 amide bonds. The number of carbonyl (C=O) groups is 2. The zero-order valence-electron chi connectivity index (χ0n) is 21.9. The van der Waals surface area contributed by atoms with Gasteiger partial charge in [0.25, 0.3) is 0 Å². The van der Waals surface area contributed by atoms with E-state index in [1.165, 1.54) is 19.1 Å². The van der Waals surface area contributed by atoms with Crippen LogP contribution >= 0.6 is 0 Å². The number of ketones is 1. The Morgan fingerprint density at radius 1 is 1.00 bits per heavy atom. The number of alkyl halides is 3. The van der Waals surface area contributed by atoms with Crippen molar-refractivity contribution in [3.05, 3.63) is 70.8 Å². The molecule has 1 heterocycles. The molecule has 0 aromatic heterocycles. The maximum atomic E-state index is 13.9. The number of nitrogens with zero attached hydrogens (tertiary/aromatic N) is 1. The van der Waals surface area contributed by atoms with Crippen LogP contribution < -0.4 is 5.32 Å². The molecule has 1 N–H and O–H groups in total. The maximum absolute atomic E-state index is 13.9. The summed E-state index contributed by atoms with van der Waals surface area (Å²) in [5, 5.41) is 2.79. The van der Waals surface area contributed by atoms with Gasteiger partial charge in [0.15, 0.2) is 0 Å². The summed E-state index contributed by atoms with van der Waals surface area (Å²) in [6.07, 6.45) is -0.190. The summed E-state index contributed by atoms with van der Waals surface area (Å²) >= 11 is 0.